The van der Waals surface area contributed by atoms with Gasteiger partial charge in [0.25, 0.3) is 5.91 Å². The van der Waals surface area contributed by atoms with Gasteiger partial charge in [-0.25, -0.2) is 9.37 Å². The number of primary amides is 1. The Labute approximate surface area is 169 Å². The lowest BCUT2D eigenvalue weighted by Gasteiger charge is -2.07. The second-order valence-electron chi connectivity index (χ2n) is 6.20. The quantitative estimate of drug-likeness (QED) is 0.577. The first kappa shape index (κ1) is 20.2. The standard InChI is InChI=1S/C20H17FN4O3S/c1-11-8-12(6-7-14(11)18(22)27)23-17(26)9-13-10-29-20(24-13)25-19(28)15-4-2-3-5-16(15)21/h2-8,10H,9H2,1H3,(H2,22,27)(H,23,26)(H,24,25,28). The second kappa shape index (κ2) is 8.61. The zero-order valence-corrected chi connectivity index (χ0v) is 16.2. The summed E-state index contributed by atoms with van der Waals surface area (Å²) in [7, 11) is 0. The highest BCUT2D eigenvalue weighted by molar-refractivity contribution is 7.14. The predicted molar refractivity (Wildman–Crippen MR) is 108 cm³/mol. The number of benzene rings is 2. The summed E-state index contributed by atoms with van der Waals surface area (Å²) in [6.07, 6.45) is -0.0112. The average Bonchev–Trinajstić information content (AvgIpc) is 3.08. The molecule has 0 unspecified atom stereocenters. The number of carbonyl (C=O) groups is 3. The lowest BCUT2D eigenvalue weighted by Crippen LogP contribution is -2.16. The number of nitrogens with zero attached hydrogens (tertiary/aromatic N) is 1. The second-order valence-corrected chi connectivity index (χ2v) is 7.05. The third kappa shape index (κ3) is 5.02. The van der Waals surface area contributed by atoms with Gasteiger partial charge in [-0.05, 0) is 42.8 Å². The largest absolute Gasteiger partial charge is 0.366 e. The molecule has 4 N–H and O–H groups in total. The Morgan fingerprint density at radius 3 is 2.55 bits per heavy atom. The molecule has 0 fully saturated rings. The lowest BCUT2D eigenvalue weighted by molar-refractivity contribution is -0.115. The molecule has 7 nitrogen and oxygen atoms in total. The maximum atomic E-state index is 13.7. The van der Waals surface area contributed by atoms with E-state index in [1.54, 1.807) is 36.6 Å². The van der Waals surface area contributed by atoms with Gasteiger partial charge >= 0.3 is 0 Å². The highest BCUT2D eigenvalue weighted by atomic mass is 32.1. The van der Waals surface area contributed by atoms with Crippen molar-refractivity contribution in [3.63, 3.8) is 0 Å². The van der Waals surface area contributed by atoms with Gasteiger partial charge in [0.2, 0.25) is 11.8 Å². The van der Waals surface area contributed by atoms with E-state index >= 15 is 0 Å². The van der Waals surface area contributed by atoms with Crippen molar-refractivity contribution in [2.75, 3.05) is 10.6 Å². The van der Waals surface area contributed by atoms with Crippen LogP contribution in [-0.2, 0) is 11.2 Å². The van der Waals surface area contributed by atoms with Gasteiger partial charge in [-0.2, -0.15) is 0 Å². The van der Waals surface area contributed by atoms with Gasteiger partial charge in [0.05, 0.1) is 17.7 Å². The number of carbonyl (C=O) groups excluding carboxylic acids is 3. The summed E-state index contributed by atoms with van der Waals surface area (Å²) < 4.78 is 13.7. The van der Waals surface area contributed by atoms with E-state index in [4.69, 9.17) is 5.73 Å². The fourth-order valence-electron chi connectivity index (χ4n) is 2.64. The van der Waals surface area contributed by atoms with Crippen LogP contribution in [0.2, 0.25) is 0 Å². The van der Waals surface area contributed by atoms with E-state index in [1.165, 1.54) is 18.2 Å². The molecule has 0 bridgehead atoms. The van der Waals surface area contributed by atoms with Crippen molar-refractivity contribution in [3.8, 4) is 0 Å². The molecule has 9 heteroatoms. The van der Waals surface area contributed by atoms with Crippen molar-refractivity contribution < 1.29 is 18.8 Å². The van der Waals surface area contributed by atoms with Crippen LogP contribution in [0.5, 0.6) is 0 Å². The highest BCUT2D eigenvalue weighted by Gasteiger charge is 2.14. The van der Waals surface area contributed by atoms with E-state index in [0.29, 0.717) is 22.5 Å². The summed E-state index contributed by atoms with van der Waals surface area (Å²) in [5.74, 6) is -2.08. The Hall–Kier alpha value is -3.59. The summed E-state index contributed by atoms with van der Waals surface area (Å²) in [5, 5.41) is 7.14. The molecule has 0 saturated carbocycles. The fourth-order valence-corrected chi connectivity index (χ4v) is 3.35. The minimum absolute atomic E-state index is 0.0112. The molecule has 2 aromatic carbocycles. The van der Waals surface area contributed by atoms with E-state index in [0.717, 1.165) is 11.3 Å². The fraction of sp³-hybridized carbons (Fsp3) is 0.100. The molecule has 3 amide bonds. The highest BCUT2D eigenvalue weighted by Crippen LogP contribution is 2.19. The number of thiazole rings is 1. The molecular weight excluding hydrogens is 395 g/mol. The number of anilines is 2. The van der Waals surface area contributed by atoms with Crippen molar-refractivity contribution >= 4 is 39.9 Å². The van der Waals surface area contributed by atoms with Crippen molar-refractivity contribution in [2.24, 2.45) is 5.73 Å². The maximum absolute atomic E-state index is 13.7. The first-order valence-electron chi connectivity index (χ1n) is 8.54. The number of amides is 3. The van der Waals surface area contributed by atoms with Crippen LogP contribution in [0.15, 0.2) is 47.8 Å². The van der Waals surface area contributed by atoms with Crippen molar-refractivity contribution in [1.82, 2.24) is 4.98 Å². The number of hydrogen-bond acceptors (Lipinski definition) is 5. The average molecular weight is 412 g/mol. The van der Waals surface area contributed by atoms with Crippen LogP contribution in [0.4, 0.5) is 15.2 Å². The van der Waals surface area contributed by atoms with Gasteiger partial charge in [0.1, 0.15) is 5.82 Å². The smallest absolute Gasteiger partial charge is 0.260 e. The van der Waals surface area contributed by atoms with Gasteiger partial charge in [0.15, 0.2) is 5.13 Å². The van der Waals surface area contributed by atoms with Crippen LogP contribution in [0, 0.1) is 12.7 Å². The summed E-state index contributed by atoms with van der Waals surface area (Å²) in [6.45, 7) is 1.72. The number of hydrogen-bond donors (Lipinski definition) is 3. The molecule has 148 valence electrons. The summed E-state index contributed by atoms with van der Waals surface area (Å²) in [5.41, 5.74) is 7.21. The van der Waals surface area contributed by atoms with E-state index in [-0.39, 0.29) is 23.0 Å². The van der Waals surface area contributed by atoms with E-state index < -0.39 is 17.6 Å². The number of halogens is 1. The molecule has 29 heavy (non-hydrogen) atoms. The molecule has 0 aliphatic carbocycles. The molecule has 0 spiro atoms. The van der Waals surface area contributed by atoms with Crippen molar-refractivity contribution in [1.29, 1.82) is 0 Å². The van der Waals surface area contributed by atoms with Crippen molar-refractivity contribution in [2.45, 2.75) is 13.3 Å². The minimum Gasteiger partial charge on any atom is -0.366 e. The molecule has 0 atom stereocenters. The third-order valence-electron chi connectivity index (χ3n) is 4.01. The van der Waals surface area contributed by atoms with Gasteiger partial charge in [-0.3, -0.25) is 19.7 Å². The number of aryl methyl sites for hydroxylation is 1. The third-order valence-corrected chi connectivity index (χ3v) is 4.81. The van der Waals surface area contributed by atoms with Gasteiger partial charge in [-0.1, -0.05) is 12.1 Å². The summed E-state index contributed by atoms with van der Waals surface area (Å²) in [6, 6.07) is 10.4. The topological polar surface area (TPSA) is 114 Å². The first-order valence-corrected chi connectivity index (χ1v) is 9.42. The zero-order valence-electron chi connectivity index (χ0n) is 15.4. The van der Waals surface area contributed by atoms with Gasteiger partial charge in [0, 0.05) is 16.6 Å². The normalized spacial score (nSPS) is 10.4. The first-order chi connectivity index (χ1) is 13.8. The van der Waals surface area contributed by atoms with Crippen LogP contribution in [0.3, 0.4) is 0 Å². The monoisotopic (exact) mass is 412 g/mol. The molecule has 3 rings (SSSR count). The molecule has 0 saturated heterocycles. The number of nitrogens with two attached hydrogens (primary N) is 1. The predicted octanol–water partition coefficient (Wildman–Crippen LogP) is 3.12. The Morgan fingerprint density at radius 2 is 1.86 bits per heavy atom. The number of aromatic nitrogens is 1. The Morgan fingerprint density at radius 1 is 1.10 bits per heavy atom. The zero-order chi connectivity index (χ0) is 21.0. The van der Waals surface area contributed by atoms with Crippen molar-refractivity contribution in [3.05, 3.63) is 76.0 Å². The molecular formula is C20H17FN4O3S. The van der Waals surface area contributed by atoms with Crippen LogP contribution in [0.25, 0.3) is 0 Å². The van der Waals surface area contributed by atoms with E-state index in [9.17, 15) is 18.8 Å². The molecule has 3 aromatic rings. The number of rotatable bonds is 6. The Bertz CT molecular complexity index is 1100. The van der Waals surface area contributed by atoms with Crippen LogP contribution in [-0.4, -0.2) is 22.7 Å². The van der Waals surface area contributed by atoms with Crippen LogP contribution in [0.1, 0.15) is 32.0 Å². The van der Waals surface area contributed by atoms with Gasteiger partial charge in [-0.15, -0.1) is 11.3 Å². The molecule has 0 aliphatic heterocycles. The molecule has 0 aliphatic rings. The SMILES string of the molecule is Cc1cc(NC(=O)Cc2csc(NC(=O)c3ccccc3F)n2)ccc1C(N)=O. The summed E-state index contributed by atoms with van der Waals surface area (Å²) >= 11 is 1.14. The Kier molecular flexibility index (Phi) is 5.99. The van der Waals surface area contributed by atoms with Crippen LogP contribution >= 0.6 is 11.3 Å². The van der Waals surface area contributed by atoms with Gasteiger partial charge < -0.3 is 11.1 Å². The minimum atomic E-state index is -0.626. The lowest BCUT2D eigenvalue weighted by atomic mass is 10.1. The van der Waals surface area contributed by atoms with E-state index in [1.807, 2.05) is 0 Å². The van der Waals surface area contributed by atoms with E-state index in [2.05, 4.69) is 15.6 Å². The number of nitrogens with one attached hydrogen (secondary N) is 2. The molecule has 1 heterocycles. The molecule has 0 radical (unpaired) electrons. The van der Waals surface area contributed by atoms with Crippen LogP contribution < -0.4 is 16.4 Å². The Balaban J connectivity index is 1.60. The summed E-state index contributed by atoms with van der Waals surface area (Å²) in [4.78, 5) is 39.8. The molecule has 1 aromatic heterocycles. The maximum Gasteiger partial charge on any atom is 0.260 e.